The van der Waals surface area contributed by atoms with Gasteiger partial charge in [0.15, 0.2) is 0 Å². The van der Waals surface area contributed by atoms with Gasteiger partial charge in [-0.05, 0) is 26.7 Å². The zero-order valence-electron chi connectivity index (χ0n) is 12.7. The number of carbonyl (C=O) groups is 1. The first-order chi connectivity index (χ1) is 10.1. The van der Waals surface area contributed by atoms with Gasteiger partial charge in [0.25, 0.3) is 11.8 Å². The van der Waals surface area contributed by atoms with E-state index >= 15 is 0 Å². The molecule has 0 aromatic carbocycles. The minimum absolute atomic E-state index is 0.0365. The number of carbonyl (C=O) groups excluding carboxylic acids is 1. The van der Waals surface area contributed by atoms with E-state index in [4.69, 9.17) is 9.47 Å². The van der Waals surface area contributed by atoms with E-state index in [2.05, 4.69) is 9.97 Å². The van der Waals surface area contributed by atoms with E-state index in [1.165, 1.54) is 7.11 Å². The van der Waals surface area contributed by atoms with Crippen LogP contribution in [0, 0.1) is 0 Å². The van der Waals surface area contributed by atoms with Crippen LogP contribution in [0.2, 0.25) is 0 Å². The zero-order chi connectivity index (χ0) is 15.2. The van der Waals surface area contributed by atoms with Crippen LogP contribution in [0.5, 0.6) is 11.8 Å². The summed E-state index contributed by atoms with van der Waals surface area (Å²) in [4.78, 5) is 22.1. The number of hydrogen-bond donors (Lipinski definition) is 0. The van der Waals surface area contributed by atoms with Crippen molar-refractivity contribution in [3.8, 4) is 11.8 Å². The lowest BCUT2D eigenvalue weighted by Gasteiger charge is -2.32. The van der Waals surface area contributed by atoms with Crippen molar-refractivity contribution in [3.05, 3.63) is 24.0 Å². The number of hydrogen-bond acceptors (Lipinski definition) is 5. The molecule has 2 heterocycles. The summed E-state index contributed by atoms with van der Waals surface area (Å²) in [7, 11) is 1.53. The molecule has 1 aromatic heterocycles. The van der Waals surface area contributed by atoms with Gasteiger partial charge in [0, 0.05) is 25.0 Å². The summed E-state index contributed by atoms with van der Waals surface area (Å²) >= 11 is 0. The lowest BCUT2D eigenvalue weighted by molar-refractivity contribution is -0.128. The van der Waals surface area contributed by atoms with Crippen LogP contribution in [-0.4, -0.2) is 47.1 Å². The SMILES string of the molecule is COc1nccnc1O[C@H]1CCCN(C(=O)C=C(C)C)C1. The third kappa shape index (κ3) is 4.18. The molecule has 0 aliphatic carbocycles. The highest BCUT2D eigenvalue weighted by molar-refractivity contribution is 5.88. The van der Waals surface area contributed by atoms with Crippen LogP contribution >= 0.6 is 0 Å². The molecule has 2 rings (SSSR count). The number of amides is 1. The van der Waals surface area contributed by atoms with Crippen LogP contribution in [0.15, 0.2) is 24.0 Å². The first kappa shape index (κ1) is 15.3. The maximum atomic E-state index is 12.1. The summed E-state index contributed by atoms with van der Waals surface area (Å²) in [6.07, 6.45) is 6.49. The molecule has 1 aliphatic rings. The van der Waals surface area contributed by atoms with E-state index < -0.39 is 0 Å². The molecule has 1 saturated heterocycles. The molecule has 0 saturated carbocycles. The molecule has 6 nitrogen and oxygen atoms in total. The van der Waals surface area contributed by atoms with Crippen LogP contribution in [0.4, 0.5) is 0 Å². The second-order valence-electron chi connectivity index (χ2n) is 5.26. The number of likely N-dealkylation sites (tertiary alicyclic amines) is 1. The van der Waals surface area contributed by atoms with Gasteiger partial charge >= 0.3 is 0 Å². The van der Waals surface area contributed by atoms with Crippen molar-refractivity contribution >= 4 is 5.91 Å². The summed E-state index contributed by atoms with van der Waals surface area (Å²) in [5.41, 5.74) is 0.999. The number of ether oxygens (including phenoxy) is 2. The zero-order valence-corrected chi connectivity index (χ0v) is 12.7. The first-order valence-electron chi connectivity index (χ1n) is 7.05. The average molecular weight is 291 g/mol. The molecule has 0 spiro atoms. The topological polar surface area (TPSA) is 64.6 Å². The largest absolute Gasteiger partial charge is 0.477 e. The Morgan fingerprint density at radius 3 is 2.71 bits per heavy atom. The lowest BCUT2D eigenvalue weighted by atomic mass is 10.1. The molecule has 0 N–H and O–H groups in total. The second-order valence-corrected chi connectivity index (χ2v) is 5.26. The summed E-state index contributed by atoms with van der Waals surface area (Å²) in [5, 5.41) is 0. The van der Waals surface area contributed by atoms with Crippen molar-refractivity contribution in [2.45, 2.75) is 32.8 Å². The molecule has 21 heavy (non-hydrogen) atoms. The predicted octanol–water partition coefficient (Wildman–Crippen LogP) is 1.82. The van der Waals surface area contributed by atoms with Gasteiger partial charge < -0.3 is 14.4 Å². The number of aromatic nitrogens is 2. The summed E-state index contributed by atoms with van der Waals surface area (Å²) in [5.74, 6) is 0.779. The highest BCUT2D eigenvalue weighted by Gasteiger charge is 2.25. The average Bonchev–Trinajstić information content (AvgIpc) is 2.47. The summed E-state index contributed by atoms with van der Waals surface area (Å²) < 4.78 is 11.0. The fraction of sp³-hybridized carbons (Fsp3) is 0.533. The summed E-state index contributed by atoms with van der Waals surface area (Å²) in [6.45, 7) is 5.16. The molecular weight excluding hydrogens is 270 g/mol. The van der Waals surface area contributed by atoms with Crippen molar-refractivity contribution in [1.82, 2.24) is 14.9 Å². The molecule has 1 fully saturated rings. The smallest absolute Gasteiger partial charge is 0.278 e. The van der Waals surface area contributed by atoms with Gasteiger partial charge in [-0.3, -0.25) is 4.79 Å². The van der Waals surface area contributed by atoms with Crippen LogP contribution in [0.25, 0.3) is 0 Å². The Labute approximate surface area is 124 Å². The van der Waals surface area contributed by atoms with E-state index in [0.717, 1.165) is 25.0 Å². The normalized spacial score (nSPS) is 18.0. The number of nitrogens with zero attached hydrogens (tertiary/aromatic N) is 3. The Morgan fingerprint density at radius 1 is 1.33 bits per heavy atom. The van der Waals surface area contributed by atoms with Gasteiger partial charge in [-0.2, -0.15) is 0 Å². The van der Waals surface area contributed by atoms with Gasteiger partial charge in [-0.1, -0.05) is 5.57 Å². The monoisotopic (exact) mass is 291 g/mol. The number of allylic oxidation sites excluding steroid dienone is 1. The van der Waals surface area contributed by atoms with Crippen molar-refractivity contribution in [2.75, 3.05) is 20.2 Å². The minimum atomic E-state index is -0.0844. The Bertz CT molecular complexity index is 527. The second kappa shape index (κ2) is 7.06. The van der Waals surface area contributed by atoms with Crippen LogP contribution in [-0.2, 0) is 4.79 Å². The third-order valence-electron chi connectivity index (χ3n) is 3.21. The standard InChI is InChI=1S/C15H21N3O3/c1-11(2)9-13(19)18-8-4-5-12(10-18)21-15-14(20-3)16-6-7-17-15/h6-7,9,12H,4-5,8,10H2,1-3H3/t12-/m0/s1. The Kier molecular flexibility index (Phi) is 5.14. The molecule has 6 heteroatoms. The maximum Gasteiger partial charge on any atom is 0.278 e. The van der Waals surface area contributed by atoms with Crippen molar-refractivity contribution < 1.29 is 14.3 Å². The fourth-order valence-corrected chi connectivity index (χ4v) is 2.26. The van der Waals surface area contributed by atoms with E-state index in [1.54, 1.807) is 18.5 Å². The molecule has 1 atom stereocenters. The molecule has 114 valence electrons. The lowest BCUT2D eigenvalue weighted by Crippen LogP contribution is -2.44. The molecular formula is C15H21N3O3. The van der Waals surface area contributed by atoms with Crippen molar-refractivity contribution in [1.29, 1.82) is 0 Å². The van der Waals surface area contributed by atoms with Gasteiger partial charge in [0.2, 0.25) is 5.91 Å². The van der Waals surface area contributed by atoms with Gasteiger partial charge in [0.1, 0.15) is 6.10 Å². The number of piperidine rings is 1. The summed E-state index contributed by atoms with van der Waals surface area (Å²) in [6, 6.07) is 0. The highest BCUT2D eigenvalue weighted by atomic mass is 16.5. The highest BCUT2D eigenvalue weighted by Crippen LogP contribution is 2.23. The van der Waals surface area contributed by atoms with Crippen molar-refractivity contribution in [2.24, 2.45) is 0 Å². The Balaban J connectivity index is 2.01. The number of methoxy groups -OCH3 is 1. The fourth-order valence-electron chi connectivity index (χ4n) is 2.26. The van der Waals surface area contributed by atoms with Gasteiger partial charge in [-0.25, -0.2) is 9.97 Å². The molecule has 1 aromatic rings. The number of rotatable bonds is 4. The van der Waals surface area contributed by atoms with Crippen LogP contribution in [0.1, 0.15) is 26.7 Å². The van der Waals surface area contributed by atoms with Crippen LogP contribution in [0.3, 0.4) is 0 Å². The van der Waals surface area contributed by atoms with E-state index in [-0.39, 0.29) is 12.0 Å². The predicted molar refractivity (Wildman–Crippen MR) is 78.2 cm³/mol. The van der Waals surface area contributed by atoms with Gasteiger partial charge in [0.05, 0.1) is 13.7 Å². The third-order valence-corrected chi connectivity index (χ3v) is 3.21. The molecule has 0 unspecified atom stereocenters. The quantitative estimate of drug-likeness (QED) is 0.792. The maximum absolute atomic E-state index is 12.1. The van der Waals surface area contributed by atoms with E-state index in [1.807, 2.05) is 18.7 Å². The van der Waals surface area contributed by atoms with Crippen molar-refractivity contribution in [3.63, 3.8) is 0 Å². The molecule has 1 aliphatic heterocycles. The van der Waals surface area contributed by atoms with E-state index in [0.29, 0.717) is 18.3 Å². The molecule has 1 amide bonds. The first-order valence-corrected chi connectivity index (χ1v) is 7.05. The van der Waals surface area contributed by atoms with Gasteiger partial charge in [-0.15, -0.1) is 0 Å². The molecule has 0 bridgehead atoms. The Hall–Kier alpha value is -2.11. The Morgan fingerprint density at radius 2 is 2.05 bits per heavy atom. The van der Waals surface area contributed by atoms with E-state index in [9.17, 15) is 4.79 Å². The van der Waals surface area contributed by atoms with Crippen LogP contribution < -0.4 is 9.47 Å². The minimum Gasteiger partial charge on any atom is -0.477 e. The molecule has 0 radical (unpaired) electrons.